The molecule has 0 aliphatic carbocycles. The summed E-state index contributed by atoms with van der Waals surface area (Å²) in [6, 6.07) is 5.92. The minimum atomic E-state index is -1.07. The summed E-state index contributed by atoms with van der Waals surface area (Å²) in [5.74, 6) is -1.83. The molecule has 3 atom stereocenters. The number of halogens is 1. The number of aromatic nitrogens is 3. The molecule has 1 saturated heterocycles. The molecular weight excluding hydrogens is 489 g/mol. The first-order chi connectivity index (χ1) is 18.0. The third-order valence-corrected chi connectivity index (χ3v) is 6.89. The maximum absolute atomic E-state index is 14.8. The number of aryl methyl sites for hydroxylation is 3. The number of carbonyl (C=O) groups is 3. The number of hydrogen-bond donors (Lipinski definition) is 2. The second kappa shape index (κ2) is 10.6. The average Bonchev–Trinajstić information content (AvgIpc) is 3.30. The van der Waals surface area contributed by atoms with Gasteiger partial charge in [0.2, 0.25) is 5.91 Å². The third-order valence-electron chi connectivity index (χ3n) is 6.89. The van der Waals surface area contributed by atoms with E-state index in [1.54, 1.807) is 69.2 Å². The smallest absolute Gasteiger partial charge is 0.325 e. The zero-order valence-electron chi connectivity index (χ0n) is 22.1. The van der Waals surface area contributed by atoms with Crippen molar-refractivity contribution < 1.29 is 18.8 Å². The molecule has 4 amide bonds. The van der Waals surface area contributed by atoms with Crippen LogP contribution in [0.2, 0.25) is 0 Å². The van der Waals surface area contributed by atoms with Crippen LogP contribution in [-0.4, -0.2) is 50.6 Å². The van der Waals surface area contributed by atoms with Crippen molar-refractivity contribution in [3.63, 3.8) is 0 Å². The number of likely N-dealkylation sites (N-methyl/N-ethyl adjacent to an activating group) is 1. The van der Waals surface area contributed by atoms with Crippen molar-refractivity contribution in [3.05, 3.63) is 70.9 Å². The lowest BCUT2D eigenvalue weighted by Crippen LogP contribution is -2.70. The monoisotopic (exact) mass is 521 g/mol. The minimum absolute atomic E-state index is 0.206. The summed E-state index contributed by atoms with van der Waals surface area (Å²) in [4.78, 5) is 46.9. The fourth-order valence-corrected chi connectivity index (χ4v) is 4.86. The highest BCUT2D eigenvalue weighted by atomic mass is 19.1. The Morgan fingerprint density at radius 1 is 1.26 bits per heavy atom. The number of nitrogens with zero attached hydrogens (tertiary/aromatic N) is 5. The third kappa shape index (κ3) is 5.09. The molecule has 0 bridgehead atoms. The van der Waals surface area contributed by atoms with Crippen molar-refractivity contribution in [1.29, 1.82) is 0 Å². The van der Waals surface area contributed by atoms with Gasteiger partial charge in [0.05, 0.1) is 23.8 Å². The summed E-state index contributed by atoms with van der Waals surface area (Å²) in [6.07, 6.45) is 3.79. The topological polar surface area (TPSA) is 126 Å². The van der Waals surface area contributed by atoms with Crippen molar-refractivity contribution in [3.8, 4) is 0 Å². The summed E-state index contributed by atoms with van der Waals surface area (Å²) < 4.78 is 16.4. The molecule has 0 radical (unpaired) electrons. The summed E-state index contributed by atoms with van der Waals surface area (Å²) >= 11 is 0. The zero-order valence-corrected chi connectivity index (χ0v) is 22.1. The Kier molecular flexibility index (Phi) is 7.47. The van der Waals surface area contributed by atoms with Gasteiger partial charge in [0.25, 0.3) is 5.91 Å². The number of rotatable bonds is 7. The second-order valence-corrected chi connectivity index (χ2v) is 9.66. The molecular formula is C27H32FN7O3. The van der Waals surface area contributed by atoms with Crippen molar-refractivity contribution in [1.82, 2.24) is 25.0 Å². The molecule has 10 nitrogen and oxygen atoms in total. The molecule has 4 rings (SSSR count). The number of nitrogens with two attached hydrogens (primary N) is 1. The number of β-lactam (4-membered cyclic amide) rings is 1. The molecule has 0 spiro atoms. The van der Waals surface area contributed by atoms with E-state index in [0.717, 1.165) is 10.5 Å². The first kappa shape index (κ1) is 26.8. The predicted molar refractivity (Wildman–Crippen MR) is 141 cm³/mol. The van der Waals surface area contributed by atoms with Crippen molar-refractivity contribution >= 4 is 29.4 Å². The van der Waals surface area contributed by atoms with Crippen LogP contribution in [0, 0.1) is 25.6 Å². The van der Waals surface area contributed by atoms with E-state index in [1.165, 1.54) is 11.1 Å². The molecule has 1 fully saturated rings. The van der Waals surface area contributed by atoms with Gasteiger partial charge in [-0.05, 0) is 49.9 Å². The SMILES string of the molecule is CC[C@@H](NC(=O)N1C(=O)[C@H](Cc2cc(C)nc(N)c2)[C@H]1C(=O)N(C)c1cnn(C)c1)c1cccc(C)c1F. The van der Waals surface area contributed by atoms with Gasteiger partial charge in [0, 0.05) is 31.5 Å². The Balaban J connectivity index is 1.63. The van der Waals surface area contributed by atoms with Crippen LogP contribution in [0.5, 0.6) is 0 Å². The van der Waals surface area contributed by atoms with Crippen LogP contribution in [0.1, 0.15) is 41.8 Å². The molecule has 1 aliphatic rings. The van der Waals surface area contributed by atoms with Crippen molar-refractivity contribution in [2.24, 2.45) is 13.0 Å². The highest BCUT2D eigenvalue weighted by Gasteiger charge is 2.55. The number of urea groups is 1. The lowest BCUT2D eigenvalue weighted by atomic mass is 9.81. The van der Waals surface area contributed by atoms with Crippen LogP contribution in [0.15, 0.2) is 42.7 Å². The fraction of sp³-hybridized carbons (Fsp3) is 0.370. The summed E-state index contributed by atoms with van der Waals surface area (Å²) in [6.45, 7) is 5.24. The van der Waals surface area contributed by atoms with Gasteiger partial charge in [0.1, 0.15) is 17.7 Å². The van der Waals surface area contributed by atoms with Crippen LogP contribution in [0.3, 0.4) is 0 Å². The number of nitrogens with one attached hydrogen (secondary N) is 1. The van der Waals surface area contributed by atoms with E-state index in [0.29, 0.717) is 34.7 Å². The molecule has 3 aromatic rings. The summed E-state index contributed by atoms with van der Waals surface area (Å²) in [7, 11) is 3.30. The van der Waals surface area contributed by atoms with Gasteiger partial charge in [-0.1, -0.05) is 25.1 Å². The number of benzene rings is 1. The number of likely N-dealkylation sites (tertiary alicyclic amines) is 1. The van der Waals surface area contributed by atoms with Crippen LogP contribution in [-0.2, 0) is 23.1 Å². The van der Waals surface area contributed by atoms with E-state index < -0.39 is 41.7 Å². The number of imide groups is 1. The Morgan fingerprint density at radius 3 is 2.63 bits per heavy atom. The van der Waals surface area contributed by atoms with E-state index in [9.17, 15) is 18.8 Å². The number of hydrogen-bond acceptors (Lipinski definition) is 6. The molecule has 3 N–H and O–H groups in total. The molecule has 11 heteroatoms. The molecule has 2 aromatic heterocycles. The quantitative estimate of drug-likeness (QED) is 0.460. The van der Waals surface area contributed by atoms with E-state index in [4.69, 9.17) is 5.73 Å². The molecule has 0 saturated carbocycles. The van der Waals surface area contributed by atoms with Crippen LogP contribution in [0.25, 0.3) is 0 Å². The molecule has 1 aliphatic heterocycles. The molecule has 1 aromatic carbocycles. The van der Waals surface area contributed by atoms with Gasteiger partial charge < -0.3 is 16.0 Å². The Morgan fingerprint density at radius 2 is 2.00 bits per heavy atom. The standard InChI is InChI=1S/C27H32FN7O3/c1-6-21(19-9-7-8-15(2)23(19)28)32-27(38)35-24(26(37)34(5)18-13-30-33(4)14-18)20(25(35)36)11-17-10-16(3)31-22(29)12-17/h7-10,12-14,20-21,24H,6,11H2,1-5H3,(H2,29,31)(H,32,38)/t20-,21-,24+/m1/s1. The number of nitrogen functional groups attached to an aromatic ring is 1. The summed E-state index contributed by atoms with van der Waals surface area (Å²) in [5, 5.41) is 6.87. The first-order valence-electron chi connectivity index (χ1n) is 12.4. The van der Waals surface area contributed by atoms with Crippen molar-refractivity contribution in [2.75, 3.05) is 17.7 Å². The van der Waals surface area contributed by atoms with E-state index in [-0.39, 0.29) is 6.42 Å². The molecule has 38 heavy (non-hydrogen) atoms. The van der Waals surface area contributed by atoms with Crippen molar-refractivity contribution in [2.45, 2.75) is 45.7 Å². The zero-order chi connectivity index (χ0) is 27.7. The predicted octanol–water partition coefficient (Wildman–Crippen LogP) is 3.05. The number of anilines is 2. The molecule has 200 valence electrons. The normalized spacial score (nSPS) is 17.6. The number of amides is 4. The van der Waals surface area contributed by atoms with Gasteiger partial charge >= 0.3 is 6.03 Å². The van der Waals surface area contributed by atoms with Crippen LogP contribution >= 0.6 is 0 Å². The Bertz CT molecular complexity index is 1370. The highest BCUT2D eigenvalue weighted by Crippen LogP contribution is 2.34. The van der Waals surface area contributed by atoms with Crippen LogP contribution < -0.4 is 16.0 Å². The number of carbonyl (C=O) groups excluding carboxylic acids is 3. The maximum Gasteiger partial charge on any atom is 0.325 e. The second-order valence-electron chi connectivity index (χ2n) is 9.66. The van der Waals surface area contributed by atoms with Gasteiger partial charge in [-0.15, -0.1) is 0 Å². The fourth-order valence-electron chi connectivity index (χ4n) is 4.86. The lowest BCUT2D eigenvalue weighted by Gasteiger charge is -2.46. The molecule has 0 unspecified atom stereocenters. The van der Waals surface area contributed by atoms with Gasteiger partial charge in [-0.25, -0.2) is 14.2 Å². The number of pyridine rings is 1. The maximum atomic E-state index is 14.8. The average molecular weight is 522 g/mol. The first-order valence-corrected chi connectivity index (χ1v) is 12.4. The van der Waals surface area contributed by atoms with E-state index in [1.807, 2.05) is 6.92 Å². The summed E-state index contributed by atoms with van der Waals surface area (Å²) in [5.41, 5.74) is 8.61. The largest absolute Gasteiger partial charge is 0.384 e. The lowest BCUT2D eigenvalue weighted by molar-refractivity contribution is -0.156. The molecule has 3 heterocycles. The van der Waals surface area contributed by atoms with Crippen LogP contribution in [0.4, 0.5) is 20.7 Å². The van der Waals surface area contributed by atoms with Gasteiger partial charge in [0.15, 0.2) is 0 Å². The van der Waals surface area contributed by atoms with Gasteiger partial charge in [-0.2, -0.15) is 5.10 Å². The highest BCUT2D eigenvalue weighted by molar-refractivity contribution is 6.12. The van der Waals surface area contributed by atoms with Gasteiger partial charge in [-0.3, -0.25) is 19.2 Å². The Hall–Kier alpha value is -4.28. The minimum Gasteiger partial charge on any atom is -0.384 e. The van der Waals surface area contributed by atoms with E-state index >= 15 is 0 Å². The van der Waals surface area contributed by atoms with E-state index in [2.05, 4.69) is 15.4 Å². The Labute approximate surface area is 220 Å².